The van der Waals surface area contributed by atoms with Crippen molar-refractivity contribution in [1.82, 2.24) is 10.6 Å². The fourth-order valence-electron chi connectivity index (χ4n) is 1.26. The third-order valence-corrected chi connectivity index (χ3v) is 3.52. The van der Waals surface area contributed by atoms with Crippen molar-refractivity contribution in [1.29, 1.82) is 0 Å². The summed E-state index contributed by atoms with van der Waals surface area (Å²) in [6, 6.07) is -0.406. The second kappa shape index (κ2) is 7.89. The van der Waals surface area contributed by atoms with E-state index in [1.807, 2.05) is 0 Å². The van der Waals surface area contributed by atoms with Crippen LogP contribution < -0.4 is 10.6 Å². The molecule has 2 amide bonds. The molecule has 0 saturated carbocycles. The summed E-state index contributed by atoms with van der Waals surface area (Å²) < 4.78 is 5.25. The van der Waals surface area contributed by atoms with Gasteiger partial charge in [-0.15, -0.1) is 6.58 Å². The van der Waals surface area contributed by atoms with Gasteiger partial charge in [-0.1, -0.05) is 6.08 Å². The fourth-order valence-corrected chi connectivity index (χ4v) is 1.26. The Labute approximate surface area is 120 Å². The number of aliphatic carboxylic acids is 1. The van der Waals surface area contributed by atoms with Crippen LogP contribution in [0.1, 0.15) is 34.1 Å². The molecule has 0 aliphatic rings. The number of nitrogens with one attached hydrogen (secondary N) is 2. The van der Waals surface area contributed by atoms with Gasteiger partial charge in [-0.05, 0) is 34.1 Å². The smallest absolute Gasteiger partial charge is 0.315 e. The molecule has 0 aromatic rings. The van der Waals surface area contributed by atoms with Crippen LogP contribution in [0, 0.1) is 5.41 Å². The molecule has 0 aromatic heterocycles. The van der Waals surface area contributed by atoms with Gasteiger partial charge in [0.2, 0.25) is 0 Å². The lowest BCUT2D eigenvalue weighted by Crippen LogP contribution is -2.59. The maximum atomic E-state index is 11.7. The number of ether oxygens (including phenoxy) is 1. The van der Waals surface area contributed by atoms with Gasteiger partial charge in [0, 0.05) is 6.54 Å². The van der Waals surface area contributed by atoms with Crippen molar-refractivity contribution < 1.29 is 19.4 Å². The van der Waals surface area contributed by atoms with Crippen LogP contribution in [0.5, 0.6) is 0 Å². The molecular formula is C14H26N2O4. The van der Waals surface area contributed by atoms with E-state index in [0.29, 0.717) is 19.8 Å². The normalized spacial score (nSPS) is 11.8. The van der Waals surface area contributed by atoms with E-state index in [-0.39, 0.29) is 0 Å². The summed E-state index contributed by atoms with van der Waals surface area (Å²) in [6.45, 7) is 11.4. The molecule has 0 radical (unpaired) electrons. The SMILES string of the molecule is C=CCCOCCNC(=O)NC(C)(C)C(C)(C)C(=O)O. The van der Waals surface area contributed by atoms with Gasteiger partial charge < -0.3 is 20.5 Å². The van der Waals surface area contributed by atoms with Crippen molar-refractivity contribution in [2.75, 3.05) is 19.8 Å². The summed E-state index contributed by atoms with van der Waals surface area (Å²) in [6.07, 6.45) is 2.53. The number of rotatable bonds is 9. The average molecular weight is 286 g/mol. The van der Waals surface area contributed by atoms with E-state index < -0.39 is 23.0 Å². The molecule has 0 aliphatic heterocycles. The van der Waals surface area contributed by atoms with E-state index in [1.54, 1.807) is 33.8 Å². The number of hydrogen-bond donors (Lipinski definition) is 3. The van der Waals surface area contributed by atoms with Gasteiger partial charge in [0.15, 0.2) is 0 Å². The van der Waals surface area contributed by atoms with Gasteiger partial charge in [0.05, 0.1) is 24.2 Å². The Morgan fingerprint density at radius 1 is 1.25 bits per heavy atom. The zero-order valence-electron chi connectivity index (χ0n) is 12.8. The molecule has 0 unspecified atom stereocenters. The Kier molecular flexibility index (Phi) is 7.28. The van der Waals surface area contributed by atoms with Gasteiger partial charge in [-0.3, -0.25) is 4.79 Å². The molecule has 0 saturated heterocycles. The molecule has 6 heteroatoms. The first kappa shape index (κ1) is 18.4. The van der Waals surface area contributed by atoms with Crippen LogP contribution in [-0.4, -0.2) is 42.4 Å². The fraction of sp³-hybridized carbons (Fsp3) is 0.714. The third-order valence-electron chi connectivity index (χ3n) is 3.52. The molecule has 0 aliphatic carbocycles. The van der Waals surface area contributed by atoms with Crippen molar-refractivity contribution >= 4 is 12.0 Å². The minimum atomic E-state index is -1.08. The zero-order valence-corrected chi connectivity index (χ0v) is 12.8. The second-order valence-corrected chi connectivity index (χ2v) is 5.63. The van der Waals surface area contributed by atoms with Crippen molar-refractivity contribution in [2.24, 2.45) is 5.41 Å². The van der Waals surface area contributed by atoms with Crippen LogP contribution in [0.4, 0.5) is 4.79 Å². The topological polar surface area (TPSA) is 87.7 Å². The summed E-state index contributed by atoms with van der Waals surface area (Å²) >= 11 is 0. The highest BCUT2D eigenvalue weighted by Crippen LogP contribution is 2.30. The standard InChI is InChI=1S/C14H26N2O4/c1-6-7-9-20-10-8-15-12(19)16-14(4,5)13(2,3)11(17)18/h6H,1,7-10H2,2-5H3,(H,17,18)(H2,15,16,19). The molecule has 6 nitrogen and oxygen atoms in total. The Morgan fingerprint density at radius 2 is 1.85 bits per heavy atom. The van der Waals surface area contributed by atoms with Gasteiger partial charge in [0.25, 0.3) is 0 Å². The lowest BCUT2D eigenvalue weighted by Gasteiger charge is -2.38. The summed E-state index contributed by atoms with van der Waals surface area (Å²) in [4.78, 5) is 22.9. The molecule has 0 heterocycles. The lowest BCUT2D eigenvalue weighted by atomic mass is 9.74. The van der Waals surface area contributed by atoms with Gasteiger partial charge in [-0.2, -0.15) is 0 Å². The van der Waals surface area contributed by atoms with Crippen LogP contribution in [0.3, 0.4) is 0 Å². The molecule has 116 valence electrons. The van der Waals surface area contributed by atoms with E-state index in [0.717, 1.165) is 6.42 Å². The number of carbonyl (C=O) groups is 2. The largest absolute Gasteiger partial charge is 0.481 e. The highest BCUT2D eigenvalue weighted by molar-refractivity contribution is 5.79. The maximum absolute atomic E-state index is 11.7. The molecule has 3 N–H and O–H groups in total. The first-order valence-corrected chi connectivity index (χ1v) is 6.63. The molecule has 0 atom stereocenters. The van der Waals surface area contributed by atoms with E-state index in [4.69, 9.17) is 4.74 Å². The predicted molar refractivity (Wildman–Crippen MR) is 77.7 cm³/mol. The molecule has 0 aromatic carbocycles. The minimum Gasteiger partial charge on any atom is -0.481 e. The number of hydrogen-bond acceptors (Lipinski definition) is 3. The number of carbonyl (C=O) groups excluding carboxylic acids is 1. The Bertz CT molecular complexity index is 351. The monoisotopic (exact) mass is 286 g/mol. The Hall–Kier alpha value is -1.56. The molecule has 0 spiro atoms. The number of urea groups is 1. The quantitative estimate of drug-likeness (QED) is 0.445. The number of carboxylic acid groups (broad SMARTS) is 1. The van der Waals surface area contributed by atoms with Crippen LogP contribution in [0.2, 0.25) is 0 Å². The summed E-state index contributed by atoms with van der Waals surface area (Å²) in [5.74, 6) is -0.962. The Balaban J connectivity index is 4.13. The van der Waals surface area contributed by atoms with Crippen LogP contribution in [0.25, 0.3) is 0 Å². The zero-order chi connectivity index (χ0) is 15.8. The van der Waals surface area contributed by atoms with Crippen molar-refractivity contribution in [3.63, 3.8) is 0 Å². The van der Waals surface area contributed by atoms with Crippen molar-refractivity contribution in [3.8, 4) is 0 Å². The minimum absolute atomic E-state index is 0.368. The lowest BCUT2D eigenvalue weighted by molar-refractivity contribution is -0.150. The van der Waals surface area contributed by atoms with E-state index in [2.05, 4.69) is 17.2 Å². The van der Waals surface area contributed by atoms with Gasteiger partial charge in [0.1, 0.15) is 0 Å². The summed E-state index contributed by atoms with van der Waals surface area (Å²) in [5.41, 5.74) is -1.96. The van der Waals surface area contributed by atoms with Crippen LogP contribution in [-0.2, 0) is 9.53 Å². The van der Waals surface area contributed by atoms with Crippen molar-refractivity contribution in [3.05, 3.63) is 12.7 Å². The summed E-state index contributed by atoms with van der Waals surface area (Å²) in [7, 11) is 0. The summed E-state index contributed by atoms with van der Waals surface area (Å²) in [5, 5.41) is 14.5. The first-order chi connectivity index (χ1) is 9.15. The van der Waals surface area contributed by atoms with Gasteiger partial charge in [-0.25, -0.2) is 4.79 Å². The molecule has 20 heavy (non-hydrogen) atoms. The Morgan fingerprint density at radius 3 is 2.35 bits per heavy atom. The third kappa shape index (κ3) is 5.61. The maximum Gasteiger partial charge on any atom is 0.315 e. The van der Waals surface area contributed by atoms with E-state index >= 15 is 0 Å². The number of amides is 2. The van der Waals surface area contributed by atoms with E-state index in [1.165, 1.54) is 0 Å². The predicted octanol–water partition coefficient (Wildman–Crippen LogP) is 1.77. The molecule has 0 fully saturated rings. The first-order valence-electron chi connectivity index (χ1n) is 6.63. The second-order valence-electron chi connectivity index (χ2n) is 5.63. The van der Waals surface area contributed by atoms with E-state index in [9.17, 15) is 14.7 Å². The molecular weight excluding hydrogens is 260 g/mol. The van der Waals surface area contributed by atoms with Crippen LogP contribution in [0.15, 0.2) is 12.7 Å². The van der Waals surface area contributed by atoms with Gasteiger partial charge >= 0.3 is 12.0 Å². The molecule has 0 bridgehead atoms. The number of carboxylic acids is 1. The van der Waals surface area contributed by atoms with Crippen LogP contribution >= 0.6 is 0 Å². The molecule has 0 rings (SSSR count). The highest BCUT2D eigenvalue weighted by atomic mass is 16.5. The average Bonchev–Trinajstić information content (AvgIpc) is 2.32. The highest BCUT2D eigenvalue weighted by Gasteiger charge is 2.44. The van der Waals surface area contributed by atoms with Crippen molar-refractivity contribution in [2.45, 2.75) is 39.7 Å².